The number of aromatic nitrogens is 1. The van der Waals surface area contributed by atoms with Gasteiger partial charge >= 0.3 is 0 Å². The molecular formula is C33H28N4O3. The lowest BCUT2D eigenvalue weighted by molar-refractivity contribution is -0.119. The number of carbonyl (C=O) groups excluding carboxylic acids is 1. The van der Waals surface area contributed by atoms with E-state index in [1.165, 1.54) is 0 Å². The van der Waals surface area contributed by atoms with Crippen molar-refractivity contribution >= 4 is 22.5 Å². The van der Waals surface area contributed by atoms with Crippen LogP contribution in [0.2, 0.25) is 0 Å². The first kappa shape index (κ1) is 26.3. The number of pyridine rings is 1. The summed E-state index contributed by atoms with van der Waals surface area (Å²) in [6.07, 6.45) is 1.77. The number of amides is 1. The third kappa shape index (κ3) is 5.87. The van der Waals surface area contributed by atoms with Crippen LogP contribution < -0.4 is 20.1 Å². The summed E-state index contributed by atoms with van der Waals surface area (Å²) in [5.41, 5.74) is 10.8. The molecule has 40 heavy (non-hydrogen) atoms. The van der Waals surface area contributed by atoms with Gasteiger partial charge in [0.05, 0.1) is 24.3 Å². The van der Waals surface area contributed by atoms with Gasteiger partial charge in [0.2, 0.25) is 5.91 Å². The summed E-state index contributed by atoms with van der Waals surface area (Å²) in [5.74, 6) is 0.519. The molecule has 0 aliphatic heterocycles. The fourth-order valence-electron chi connectivity index (χ4n) is 4.67. The first-order valence-electron chi connectivity index (χ1n) is 12.8. The molecule has 0 saturated carbocycles. The van der Waals surface area contributed by atoms with Gasteiger partial charge in [-0.1, -0.05) is 54.6 Å². The molecule has 0 saturated heterocycles. The molecule has 1 heterocycles. The van der Waals surface area contributed by atoms with Crippen LogP contribution in [0.4, 0.5) is 5.69 Å². The second-order valence-electron chi connectivity index (χ2n) is 9.31. The number of hydrogen-bond donors (Lipinski definition) is 1. The predicted octanol–water partition coefficient (Wildman–Crippen LogP) is 5.93. The molecule has 7 heteroatoms. The van der Waals surface area contributed by atoms with Gasteiger partial charge in [-0.15, -0.1) is 0 Å². The number of nitrogens with zero attached hydrogens (tertiary/aromatic N) is 3. The predicted molar refractivity (Wildman–Crippen MR) is 155 cm³/mol. The van der Waals surface area contributed by atoms with Gasteiger partial charge in [-0.3, -0.25) is 9.78 Å². The quantitative estimate of drug-likeness (QED) is 0.241. The van der Waals surface area contributed by atoms with Crippen molar-refractivity contribution in [2.24, 2.45) is 5.73 Å². The fraction of sp³-hybridized carbons (Fsp3) is 0.121. The Kier molecular flexibility index (Phi) is 7.89. The Labute approximate surface area is 233 Å². The maximum atomic E-state index is 13.0. The SMILES string of the molecule is COc1cc(C(C(N)=O)N(Cc2ccccc2)c2ccc(C#N)cc2)ccc1OCc1ccc2cccnc2c1. The highest BCUT2D eigenvalue weighted by molar-refractivity contribution is 5.85. The lowest BCUT2D eigenvalue weighted by Crippen LogP contribution is -2.37. The summed E-state index contributed by atoms with van der Waals surface area (Å²) in [4.78, 5) is 19.3. The standard InChI is InChI=1S/C33H28N4O3/c1-39-31-19-27(13-16-30(31)40-22-25-9-12-26-8-5-17-36-29(26)18-25)32(33(35)38)37(21-24-6-3-2-4-7-24)28-14-10-23(20-34)11-15-28/h2-19,32H,21-22H2,1H3,(H2,35,38). The van der Waals surface area contributed by atoms with Gasteiger partial charge in [-0.2, -0.15) is 5.26 Å². The van der Waals surface area contributed by atoms with E-state index < -0.39 is 11.9 Å². The summed E-state index contributed by atoms with van der Waals surface area (Å²) in [7, 11) is 1.56. The zero-order valence-electron chi connectivity index (χ0n) is 22.0. The average Bonchev–Trinajstić information content (AvgIpc) is 3.00. The van der Waals surface area contributed by atoms with Crippen LogP contribution in [0, 0.1) is 11.3 Å². The van der Waals surface area contributed by atoms with E-state index in [9.17, 15) is 10.1 Å². The monoisotopic (exact) mass is 528 g/mol. The number of fused-ring (bicyclic) bond motifs is 1. The van der Waals surface area contributed by atoms with Crippen molar-refractivity contribution < 1.29 is 14.3 Å². The Balaban J connectivity index is 1.45. The molecule has 198 valence electrons. The number of ether oxygens (including phenoxy) is 2. The van der Waals surface area contributed by atoms with Crippen molar-refractivity contribution in [3.05, 3.63) is 132 Å². The Morgan fingerprint density at radius 2 is 1.73 bits per heavy atom. The lowest BCUT2D eigenvalue weighted by Gasteiger charge is -2.32. The van der Waals surface area contributed by atoms with Crippen LogP contribution in [0.15, 0.2) is 109 Å². The summed E-state index contributed by atoms with van der Waals surface area (Å²) < 4.78 is 11.8. The third-order valence-corrected chi connectivity index (χ3v) is 6.67. The molecule has 0 fully saturated rings. The second-order valence-corrected chi connectivity index (χ2v) is 9.31. The van der Waals surface area contributed by atoms with E-state index >= 15 is 0 Å². The summed E-state index contributed by atoms with van der Waals surface area (Å²) in [5, 5.41) is 10.3. The number of nitrogens with two attached hydrogens (primary N) is 1. The van der Waals surface area contributed by atoms with Gasteiger partial charge < -0.3 is 20.1 Å². The van der Waals surface area contributed by atoms with E-state index in [0.29, 0.717) is 35.8 Å². The topological polar surface area (TPSA) is 101 Å². The Bertz CT molecular complexity index is 1660. The average molecular weight is 529 g/mol. The molecule has 0 bridgehead atoms. The molecular weight excluding hydrogens is 500 g/mol. The highest BCUT2D eigenvalue weighted by Gasteiger charge is 2.28. The van der Waals surface area contributed by atoms with Gasteiger partial charge in [-0.05, 0) is 65.2 Å². The molecule has 0 aliphatic carbocycles. The molecule has 7 nitrogen and oxygen atoms in total. The molecule has 1 aromatic heterocycles. The van der Waals surface area contributed by atoms with Gasteiger partial charge in [-0.25, -0.2) is 0 Å². The van der Waals surface area contributed by atoms with E-state index in [1.807, 2.05) is 83.8 Å². The van der Waals surface area contributed by atoms with Gasteiger partial charge in [0.1, 0.15) is 12.6 Å². The van der Waals surface area contributed by atoms with Crippen molar-refractivity contribution in [2.45, 2.75) is 19.2 Å². The summed E-state index contributed by atoms with van der Waals surface area (Å²) in [6.45, 7) is 0.754. The molecule has 1 amide bonds. The van der Waals surface area contributed by atoms with Crippen molar-refractivity contribution in [1.29, 1.82) is 5.26 Å². The van der Waals surface area contributed by atoms with Crippen molar-refractivity contribution in [3.8, 4) is 17.6 Å². The van der Waals surface area contributed by atoms with E-state index in [4.69, 9.17) is 15.2 Å². The van der Waals surface area contributed by atoms with Crippen LogP contribution in [0.1, 0.15) is 28.3 Å². The number of anilines is 1. The first-order chi connectivity index (χ1) is 19.6. The first-order valence-corrected chi connectivity index (χ1v) is 12.8. The van der Waals surface area contributed by atoms with Crippen LogP contribution in [0.25, 0.3) is 10.9 Å². The van der Waals surface area contributed by atoms with Gasteiger partial charge in [0.25, 0.3) is 0 Å². The van der Waals surface area contributed by atoms with Crippen LogP contribution in [0.5, 0.6) is 11.5 Å². The Morgan fingerprint density at radius 3 is 2.45 bits per heavy atom. The normalized spacial score (nSPS) is 11.4. The maximum Gasteiger partial charge on any atom is 0.244 e. The molecule has 1 unspecified atom stereocenters. The third-order valence-electron chi connectivity index (χ3n) is 6.67. The molecule has 0 radical (unpaired) electrons. The van der Waals surface area contributed by atoms with E-state index in [1.54, 1.807) is 37.6 Å². The zero-order valence-corrected chi connectivity index (χ0v) is 22.0. The van der Waals surface area contributed by atoms with Crippen LogP contribution >= 0.6 is 0 Å². The van der Waals surface area contributed by atoms with E-state index in [0.717, 1.165) is 27.7 Å². The number of benzene rings is 4. The number of carbonyl (C=O) groups is 1. The number of primary amides is 1. The fourth-order valence-corrected chi connectivity index (χ4v) is 4.67. The van der Waals surface area contributed by atoms with E-state index in [-0.39, 0.29) is 0 Å². The molecule has 0 aliphatic rings. The lowest BCUT2D eigenvalue weighted by atomic mass is 10.0. The number of rotatable bonds is 10. The van der Waals surface area contributed by atoms with Crippen LogP contribution in [0.3, 0.4) is 0 Å². The molecule has 4 aromatic carbocycles. The highest BCUT2D eigenvalue weighted by atomic mass is 16.5. The Hall–Kier alpha value is -5.35. The minimum atomic E-state index is -0.803. The molecule has 2 N–H and O–H groups in total. The summed E-state index contributed by atoms with van der Waals surface area (Å²) >= 11 is 0. The Morgan fingerprint density at radius 1 is 0.925 bits per heavy atom. The summed E-state index contributed by atoms with van der Waals surface area (Å²) in [6, 6.07) is 33.6. The van der Waals surface area contributed by atoms with Crippen LogP contribution in [-0.2, 0) is 17.9 Å². The van der Waals surface area contributed by atoms with Crippen molar-refractivity contribution in [1.82, 2.24) is 4.98 Å². The van der Waals surface area contributed by atoms with Gasteiger partial charge in [0, 0.05) is 23.8 Å². The second kappa shape index (κ2) is 12.0. The number of hydrogen-bond acceptors (Lipinski definition) is 6. The minimum Gasteiger partial charge on any atom is -0.493 e. The minimum absolute atomic E-state index is 0.326. The highest BCUT2D eigenvalue weighted by Crippen LogP contribution is 2.35. The largest absolute Gasteiger partial charge is 0.493 e. The maximum absolute atomic E-state index is 13.0. The number of nitriles is 1. The van der Waals surface area contributed by atoms with Gasteiger partial charge in [0.15, 0.2) is 11.5 Å². The van der Waals surface area contributed by atoms with Crippen molar-refractivity contribution in [2.75, 3.05) is 12.0 Å². The van der Waals surface area contributed by atoms with E-state index in [2.05, 4.69) is 11.1 Å². The smallest absolute Gasteiger partial charge is 0.244 e. The van der Waals surface area contributed by atoms with Crippen molar-refractivity contribution in [3.63, 3.8) is 0 Å². The number of methoxy groups -OCH3 is 1. The van der Waals surface area contributed by atoms with Crippen LogP contribution in [-0.4, -0.2) is 18.0 Å². The zero-order chi connectivity index (χ0) is 27.9. The molecule has 0 spiro atoms. The molecule has 5 rings (SSSR count). The molecule has 1 atom stereocenters. The molecule has 5 aromatic rings.